The molecule has 0 saturated heterocycles. The van der Waals surface area contributed by atoms with Gasteiger partial charge in [0.05, 0.1) is 10.6 Å². The van der Waals surface area contributed by atoms with Crippen LogP contribution < -0.4 is 9.62 Å². The summed E-state index contributed by atoms with van der Waals surface area (Å²) < 4.78 is 30.2. The van der Waals surface area contributed by atoms with Crippen molar-refractivity contribution in [3.05, 3.63) is 129 Å². The molecule has 0 bridgehead atoms. The van der Waals surface area contributed by atoms with Crippen molar-refractivity contribution in [2.24, 2.45) is 0 Å². The van der Waals surface area contributed by atoms with Crippen molar-refractivity contribution < 1.29 is 18.0 Å². The zero-order valence-electron chi connectivity index (χ0n) is 25.6. The van der Waals surface area contributed by atoms with Gasteiger partial charge in [-0.15, -0.1) is 0 Å². The number of carbonyl (C=O) groups excluding carboxylic acids is 2. The first kappa shape index (κ1) is 33.7. The zero-order valence-corrected chi connectivity index (χ0v) is 28.8. The maximum Gasteiger partial charge on any atom is 0.264 e. The van der Waals surface area contributed by atoms with Crippen molar-refractivity contribution in [3.8, 4) is 0 Å². The number of nitrogens with one attached hydrogen (secondary N) is 1. The van der Waals surface area contributed by atoms with E-state index in [1.807, 2.05) is 61.5 Å². The zero-order chi connectivity index (χ0) is 32.7. The molecule has 5 rings (SSSR count). The number of aryl methyl sites for hydroxylation is 1. The average Bonchev–Trinajstić information content (AvgIpc) is 3.55. The molecule has 10 heteroatoms. The molecule has 1 atom stereocenters. The van der Waals surface area contributed by atoms with E-state index < -0.39 is 28.5 Å². The predicted octanol–water partition coefficient (Wildman–Crippen LogP) is 7.31. The Morgan fingerprint density at radius 3 is 2.20 bits per heavy atom. The molecule has 4 aromatic carbocycles. The van der Waals surface area contributed by atoms with Gasteiger partial charge in [0.1, 0.15) is 12.6 Å². The quantitative estimate of drug-likeness (QED) is 0.166. The van der Waals surface area contributed by atoms with Crippen molar-refractivity contribution in [2.45, 2.75) is 62.6 Å². The van der Waals surface area contributed by atoms with E-state index in [9.17, 15) is 18.0 Å². The van der Waals surface area contributed by atoms with Crippen LogP contribution >= 0.6 is 27.5 Å². The first-order valence-electron chi connectivity index (χ1n) is 15.3. The van der Waals surface area contributed by atoms with Gasteiger partial charge in [0, 0.05) is 28.5 Å². The summed E-state index contributed by atoms with van der Waals surface area (Å²) in [6.07, 6.45) is 4.15. The van der Waals surface area contributed by atoms with E-state index in [0.717, 1.165) is 51.2 Å². The molecule has 2 amide bonds. The van der Waals surface area contributed by atoms with E-state index in [1.165, 1.54) is 29.2 Å². The lowest BCUT2D eigenvalue weighted by atomic mass is 10.0. The van der Waals surface area contributed by atoms with E-state index in [1.54, 1.807) is 24.3 Å². The fourth-order valence-electron chi connectivity index (χ4n) is 5.73. The monoisotopic (exact) mass is 721 g/mol. The molecule has 7 nitrogen and oxygen atoms in total. The van der Waals surface area contributed by atoms with E-state index in [0.29, 0.717) is 10.7 Å². The van der Waals surface area contributed by atoms with Gasteiger partial charge in [-0.3, -0.25) is 13.9 Å². The lowest BCUT2D eigenvalue weighted by molar-refractivity contribution is -0.140. The van der Waals surface area contributed by atoms with Crippen LogP contribution in [0.1, 0.15) is 42.4 Å². The first-order valence-corrected chi connectivity index (χ1v) is 17.9. The summed E-state index contributed by atoms with van der Waals surface area (Å²) >= 11 is 9.59. The molecule has 0 unspecified atom stereocenters. The normalized spacial score (nSPS) is 14.1. The van der Waals surface area contributed by atoms with Crippen LogP contribution in [0.2, 0.25) is 5.02 Å². The molecule has 0 aromatic heterocycles. The smallest absolute Gasteiger partial charge is 0.264 e. The van der Waals surface area contributed by atoms with Crippen molar-refractivity contribution in [3.63, 3.8) is 0 Å². The van der Waals surface area contributed by atoms with E-state index in [4.69, 9.17) is 11.6 Å². The average molecular weight is 723 g/mol. The lowest BCUT2D eigenvalue weighted by Crippen LogP contribution is -2.54. The number of hydrogen-bond donors (Lipinski definition) is 1. The Hall–Kier alpha value is -3.66. The van der Waals surface area contributed by atoms with Gasteiger partial charge in [-0.2, -0.15) is 0 Å². The van der Waals surface area contributed by atoms with E-state index in [-0.39, 0.29) is 29.8 Å². The molecule has 1 aliphatic rings. The van der Waals surface area contributed by atoms with Crippen LogP contribution in [0.25, 0.3) is 0 Å². The van der Waals surface area contributed by atoms with Crippen molar-refractivity contribution in [1.29, 1.82) is 0 Å². The molecule has 1 aliphatic carbocycles. The molecule has 1 fully saturated rings. The number of hydrogen-bond acceptors (Lipinski definition) is 4. The van der Waals surface area contributed by atoms with Gasteiger partial charge in [0.2, 0.25) is 11.8 Å². The van der Waals surface area contributed by atoms with Gasteiger partial charge in [0.15, 0.2) is 0 Å². The highest BCUT2D eigenvalue weighted by Gasteiger charge is 2.35. The Bertz CT molecular complexity index is 1750. The van der Waals surface area contributed by atoms with Gasteiger partial charge < -0.3 is 10.2 Å². The number of rotatable bonds is 12. The summed E-state index contributed by atoms with van der Waals surface area (Å²) in [7, 11) is -4.20. The van der Waals surface area contributed by atoms with Crippen molar-refractivity contribution in [2.75, 3.05) is 10.8 Å². The molecule has 0 spiro atoms. The third-order valence-corrected chi connectivity index (χ3v) is 10.8. The highest BCUT2D eigenvalue weighted by Crippen LogP contribution is 2.27. The standard InChI is InChI=1S/C36H37BrClN3O4S/c1-26-14-18-32(19-15-26)41(46(44,45)33-20-16-30(38)17-21-33)25-35(42)40(24-28-10-7-11-29(37)22-28)34(23-27-8-3-2-4-9-27)36(43)39-31-12-5-6-13-31/h2-4,7-11,14-22,31,34H,5-6,12-13,23-25H2,1H3,(H,39,43)/t34-/m0/s1. The SMILES string of the molecule is Cc1ccc(N(CC(=O)N(Cc2cccc(Br)c2)[C@@H](Cc2ccccc2)C(=O)NC2CCCC2)S(=O)(=O)c2ccc(Cl)cc2)cc1. The Morgan fingerprint density at radius 1 is 0.891 bits per heavy atom. The number of benzene rings is 4. The molecule has 0 heterocycles. The Morgan fingerprint density at radius 2 is 1.54 bits per heavy atom. The third-order valence-electron chi connectivity index (χ3n) is 8.22. The highest BCUT2D eigenvalue weighted by atomic mass is 79.9. The van der Waals surface area contributed by atoms with Gasteiger partial charge in [-0.1, -0.05) is 101 Å². The molecular formula is C36H37BrClN3O4S. The van der Waals surface area contributed by atoms with E-state index in [2.05, 4.69) is 21.2 Å². The second kappa shape index (κ2) is 15.3. The molecule has 4 aromatic rings. The first-order chi connectivity index (χ1) is 22.1. The van der Waals surface area contributed by atoms with Crippen molar-refractivity contribution >= 4 is 55.1 Å². The molecular weight excluding hydrogens is 686 g/mol. The maximum atomic E-state index is 14.6. The second-order valence-electron chi connectivity index (χ2n) is 11.6. The molecule has 240 valence electrons. The fraction of sp³-hybridized carbons (Fsp3) is 0.278. The largest absolute Gasteiger partial charge is 0.352 e. The summed E-state index contributed by atoms with van der Waals surface area (Å²) in [6.45, 7) is 1.50. The topological polar surface area (TPSA) is 86.8 Å². The van der Waals surface area contributed by atoms with Crippen LogP contribution in [0.4, 0.5) is 5.69 Å². The summed E-state index contributed by atoms with van der Waals surface area (Å²) in [5, 5.41) is 3.60. The lowest BCUT2D eigenvalue weighted by Gasteiger charge is -2.34. The number of anilines is 1. The minimum atomic E-state index is -4.20. The molecule has 0 aliphatic heterocycles. The third kappa shape index (κ3) is 8.57. The summed E-state index contributed by atoms with van der Waals surface area (Å²) in [5.74, 6) is -0.748. The Balaban J connectivity index is 1.56. The van der Waals surface area contributed by atoms with Crippen LogP contribution in [-0.2, 0) is 32.6 Å². The van der Waals surface area contributed by atoms with Gasteiger partial charge in [0.25, 0.3) is 10.0 Å². The highest BCUT2D eigenvalue weighted by molar-refractivity contribution is 9.10. The molecule has 1 N–H and O–H groups in total. The summed E-state index contributed by atoms with van der Waals surface area (Å²) in [6, 6.07) is 29.1. The predicted molar refractivity (Wildman–Crippen MR) is 186 cm³/mol. The van der Waals surface area contributed by atoms with Crippen LogP contribution in [0, 0.1) is 6.92 Å². The van der Waals surface area contributed by atoms with Gasteiger partial charge in [-0.05, 0) is 79.4 Å². The van der Waals surface area contributed by atoms with Gasteiger partial charge >= 0.3 is 0 Å². The Kier molecular flexibility index (Phi) is 11.2. The molecule has 0 radical (unpaired) electrons. The fourth-order valence-corrected chi connectivity index (χ4v) is 7.71. The number of amides is 2. The minimum Gasteiger partial charge on any atom is -0.352 e. The molecule has 46 heavy (non-hydrogen) atoms. The Labute approximate surface area is 284 Å². The van der Waals surface area contributed by atoms with Crippen LogP contribution in [-0.4, -0.2) is 43.8 Å². The summed E-state index contributed by atoms with van der Waals surface area (Å²) in [5.41, 5.74) is 2.98. The number of carbonyl (C=O) groups is 2. The van der Waals surface area contributed by atoms with Crippen LogP contribution in [0.3, 0.4) is 0 Å². The number of sulfonamides is 1. The minimum absolute atomic E-state index is 0.00336. The van der Waals surface area contributed by atoms with Crippen LogP contribution in [0.5, 0.6) is 0 Å². The van der Waals surface area contributed by atoms with Crippen LogP contribution in [0.15, 0.2) is 112 Å². The summed E-state index contributed by atoms with van der Waals surface area (Å²) in [4.78, 5) is 30.2. The van der Waals surface area contributed by atoms with Gasteiger partial charge in [-0.25, -0.2) is 8.42 Å². The second-order valence-corrected chi connectivity index (χ2v) is 14.9. The van der Waals surface area contributed by atoms with Crippen molar-refractivity contribution in [1.82, 2.24) is 10.2 Å². The molecule has 1 saturated carbocycles. The van der Waals surface area contributed by atoms with E-state index >= 15 is 0 Å². The number of nitrogens with zero attached hydrogens (tertiary/aromatic N) is 2. The maximum absolute atomic E-state index is 14.6. The number of halogens is 2.